The van der Waals surface area contributed by atoms with Crippen LogP contribution in [0.2, 0.25) is 0 Å². The zero-order valence-electron chi connectivity index (χ0n) is 13.4. The molecule has 1 fully saturated rings. The average Bonchev–Trinajstić information content (AvgIpc) is 3.19. The van der Waals surface area contributed by atoms with Gasteiger partial charge in [-0.3, -0.25) is 9.38 Å². The molecule has 25 heavy (non-hydrogen) atoms. The maximum absolute atomic E-state index is 11.0. The first-order valence-corrected chi connectivity index (χ1v) is 8.28. The van der Waals surface area contributed by atoms with E-state index in [2.05, 4.69) is 20.3 Å². The van der Waals surface area contributed by atoms with E-state index in [9.17, 15) is 5.11 Å². The van der Waals surface area contributed by atoms with Crippen molar-refractivity contribution in [1.82, 2.24) is 29.4 Å². The molecule has 3 heterocycles. The van der Waals surface area contributed by atoms with Crippen molar-refractivity contribution in [2.75, 3.05) is 0 Å². The van der Waals surface area contributed by atoms with Crippen molar-refractivity contribution in [3.8, 4) is 5.69 Å². The normalized spacial score (nSPS) is 15.6. The first-order valence-electron chi connectivity index (χ1n) is 8.28. The molecular formula is C18H16N6O. The summed E-state index contributed by atoms with van der Waals surface area (Å²) in [7, 11) is 0. The number of aliphatic hydroxyl groups is 1. The Labute approximate surface area is 143 Å². The highest BCUT2D eigenvalue weighted by atomic mass is 16.3. The fourth-order valence-electron chi connectivity index (χ4n) is 3.12. The number of rotatable bonds is 4. The van der Waals surface area contributed by atoms with Crippen molar-refractivity contribution in [2.24, 2.45) is 0 Å². The fourth-order valence-corrected chi connectivity index (χ4v) is 3.12. The summed E-state index contributed by atoms with van der Waals surface area (Å²) in [5.41, 5.74) is 3.90. The molecule has 1 aliphatic carbocycles. The summed E-state index contributed by atoms with van der Waals surface area (Å²) in [5, 5.41) is 19.4. The molecule has 0 bridgehead atoms. The number of benzene rings is 1. The number of hydrogen-bond acceptors (Lipinski definition) is 5. The van der Waals surface area contributed by atoms with Crippen molar-refractivity contribution < 1.29 is 5.11 Å². The van der Waals surface area contributed by atoms with Crippen LogP contribution >= 0.6 is 0 Å². The minimum atomic E-state index is -0.904. The van der Waals surface area contributed by atoms with Crippen molar-refractivity contribution >= 4 is 5.52 Å². The minimum absolute atomic E-state index is 0.403. The van der Waals surface area contributed by atoms with Gasteiger partial charge in [0.25, 0.3) is 0 Å². The van der Waals surface area contributed by atoms with Gasteiger partial charge in [0, 0.05) is 5.92 Å². The third kappa shape index (κ3) is 2.40. The molecule has 1 aromatic carbocycles. The molecule has 3 aromatic heterocycles. The molecular weight excluding hydrogens is 316 g/mol. The molecule has 1 N–H and O–H groups in total. The molecule has 7 nitrogen and oxygen atoms in total. The van der Waals surface area contributed by atoms with E-state index in [1.54, 1.807) is 29.6 Å². The van der Waals surface area contributed by atoms with Crippen LogP contribution in [-0.4, -0.2) is 34.5 Å². The first kappa shape index (κ1) is 14.3. The van der Waals surface area contributed by atoms with Gasteiger partial charge in [-0.2, -0.15) is 0 Å². The highest BCUT2D eigenvalue weighted by Gasteiger charge is 2.32. The van der Waals surface area contributed by atoms with Crippen LogP contribution in [0.5, 0.6) is 0 Å². The van der Waals surface area contributed by atoms with E-state index in [1.165, 1.54) is 0 Å². The van der Waals surface area contributed by atoms with Gasteiger partial charge >= 0.3 is 0 Å². The van der Waals surface area contributed by atoms with Crippen LogP contribution in [0.1, 0.15) is 41.9 Å². The highest BCUT2D eigenvalue weighted by Crippen LogP contribution is 2.42. The molecule has 5 rings (SSSR count). The zero-order chi connectivity index (χ0) is 16.8. The van der Waals surface area contributed by atoms with Crippen LogP contribution in [0.15, 0.2) is 55.2 Å². The SMILES string of the molecule is O[C@@H](c1cn(-c2ccccc2)nn1)c1c(C2CC2)ncc2cncn12. The van der Waals surface area contributed by atoms with Crippen molar-refractivity contribution in [3.63, 3.8) is 0 Å². The molecule has 0 saturated heterocycles. The highest BCUT2D eigenvalue weighted by molar-refractivity contribution is 5.46. The van der Waals surface area contributed by atoms with Gasteiger partial charge in [0.1, 0.15) is 11.8 Å². The molecule has 1 aliphatic rings. The second kappa shape index (κ2) is 5.49. The molecule has 4 aromatic rings. The molecule has 1 atom stereocenters. The van der Waals surface area contributed by atoms with Crippen LogP contribution in [0.4, 0.5) is 0 Å². The predicted molar refractivity (Wildman–Crippen MR) is 90.4 cm³/mol. The number of nitrogens with zero attached hydrogens (tertiary/aromatic N) is 6. The Morgan fingerprint density at radius 1 is 1.12 bits per heavy atom. The first-order chi connectivity index (χ1) is 12.3. The maximum atomic E-state index is 11.0. The van der Waals surface area contributed by atoms with E-state index in [0.29, 0.717) is 11.6 Å². The summed E-state index contributed by atoms with van der Waals surface area (Å²) >= 11 is 0. The third-order valence-corrected chi connectivity index (χ3v) is 4.56. The van der Waals surface area contributed by atoms with Gasteiger partial charge < -0.3 is 5.11 Å². The fraction of sp³-hybridized carbons (Fsp3) is 0.222. The quantitative estimate of drug-likeness (QED) is 0.620. The smallest absolute Gasteiger partial charge is 0.142 e. The molecule has 0 spiro atoms. The zero-order valence-corrected chi connectivity index (χ0v) is 13.4. The summed E-state index contributed by atoms with van der Waals surface area (Å²) in [4.78, 5) is 8.76. The van der Waals surface area contributed by atoms with E-state index in [0.717, 1.165) is 35.4 Å². The monoisotopic (exact) mass is 332 g/mol. The Morgan fingerprint density at radius 3 is 2.76 bits per heavy atom. The Hall–Kier alpha value is -3.06. The summed E-state index contributed by atoms with van der Waals surface area (Å²) in [6.07, 6.45) is 8.31. The lowest BCUT2D eigenvalue weighted by molar-refractivity contribution is 0.206. The largest absolute Gasteiger partial charge is 0.380 e. The van der Waals surface area contributed by atoms with E-state index in [4.69, 9.17) is 0 Å². The molecule has 1 saturated carbocycles. The summed E-state index contributed by atoms with van der Waals surface area (Å²) in [6, 6.07) is 9.71. The summed E-state index contributed by atoms with van der Waals surface area (Å²) in [5.74, 6) is 0.403. The second-order valence-corrected chi connectivity index (χ2v) is 6.32. The van der Waals surface area contributed by atoms with Gasteiger partial charge in [-0.15, -0.1) is 5.10 Å². The number of aliphatic hydroxyl groups excluding tert-OH is 1. The maximum Gasteiger partial charge on any atom is 0.142 e. The van der Waals surface area contributed by atoms with E-state index >= 15 is 0 Å². The van der Waals surface area contributed by atoms with E-state index in [-0.39, 0.29) is 0 Å². The van der Waals surface area contributed by atoms with Gasteiger partial charge in [-0.25, -0.2) is 9.67 Å². The van der Waals surface area contributed by atoms with Crippen LogP contribution in [-0.2, 0) is 0 Å². The Morgan fingerprint density at radius 2 is 1.96 bits per heavy atom. The van der Waals surface area contributed by atoms with Gasteiger partial charge in [0.2, 0.25) is 0 Å². The Bertz CT molecular complexity index is 1030. The lowest BCUT2D eigenvalue weighted by Crippen LogP contribution is -2.11. The van der Waals surface area contributed by atoms with Crippen molar-refractivity contribution in [2.45, 2.75) is 24.9 Å². The molecule has 124 valence electrons. The van der Waals surface area contributed by atoms with Gasteiger partial charge in [0.05, 0.1) is 47.5 Å². The van der Waals surface area contributed by atoms with E-state index in [1.807, 2.05) is 34.7 Å². The van der Waals surface area contributed by atoms with Crippen molar-refractivity contribution in [1.29, 1.82) is 0 Å². The van der Waals surface area contributed by atoms with Crippen LogP contribution in [0, 0.1) is 0 Å². The lowest BCUT2D eigenvalue weighted by Gasteiger charge is -2.15. The minimum Gasteiger partial charge on any atom is -0.380 e. The molecule has 7 heteroatoms. The van der Waals surface area contributed by atoms with Gasteiger partial charge in [-0.1, -0.05) is 23.4 Å². The van der Waals surface area contributed by atoms with Crippen molar-refractivity contribution in [3.05, 3.63) is 72.3 Å². The van der Waals surface area contributed by atoms with Gasteiger partial charge in [-0.05, 0) is 25.0 Å². The predicted octanol–water partition coefficient (Wildman–Crippen LogP) is 2.27. The molecule has 0 aliphatic heterocycles. The molecule has 0 amide bonds. The average molecular weight is 332 g/mol. The summed E-state index contributed by atoms with van der Waals surface area (Å²) < 4.78 is 3.56. The van der Waals surface area contributed by atoms with Crippen LogP contribution in [0.25, 0.3) is 11.2 Å². The molecule has 0 unspecified atom stereocenters. The standard InChI is InChI=1S/C18H16N6O/c25-18(15-10-24(22-21-15)13-4-2-1-3-5-13)17-16(12-6-7-12)20-9-14-8-19-11-23(14)17/h1-5,8-12,18,25H,6-7H2/t18-/m0/s1. The van der Waals surface area contributed by atoms with Gasteiger partial charge in [0.15, 0.2) is 0 Å². The number of imidazole rings is 1. The third-order valence-electron chi connectivity index (χ3n) is 4.56. The topological polar surface area (TPSA) is 81.1 Å². The number of para-hydroxylation sites is 1. The lowest BCUT2D eigenvalue weighted by atomic mass is 10.1. The number of hydrogen-bond donors (Lipinski definition) is 1. The van der Waals surface area contributed by atoms with Crippen LogP contribution in [0.3, 0.4) is 0 Å². The molecule has 0 radical (unpaired) electrons. The van der Waals surface area contributed by atoms with Crippen LogP contribution < -0.4 is 0 Å². The number of fused-ring (bicyclic) bond motifs is 1. The van der Waals surface area contributed by atoms with E-state index < -0.39 is 6.10 Å². The summed E-state index contributed by atoms with van der Waals surface area (Å²) in [6.45, 7) is 0. The Kier molecular flexibility index (Phi) is 3.14. The Balaban J connectivity index is 1.60. The number of aromatic nitrogens is 6. The second-order valence-electron chi connectivity index (χ2n) is 6.32.